The molecule has 5 rings (SSSR count). The van der Waals surface area contributed by atoms with E-state index in [2.05, 4.69) is 33.0 Å². The van der Waals surface area contributed by atoms with Gasteiger partial charge in [-0.05, 0) is 116 Å². The molecule has 0 amide bonds. The summed E-state index contributed by atoms with van der Waals surface area (Å²) in [5.41, 5.74) is 0.533. The Hall–Kier alpha value is -0.680. The van der Waals surface area contributed by atoms with Crippen LogP contribution >= 0.6 is 0 Å². The molecule has 4 aliphatic carbocycles. The highest BCUT2D eigenvalue weighted by atomic mass is 16.3. The van der Waals surface area contributed by atoms with Crippen LogP contribution in [0.25, 0.3) is 0 Å². The highest BCUT2D eigenvalue weighted by molar-refractivity contribution is 5.12. The monoisotopic (exact) mass is 446 g/mol. The molecule has 1 aliphatic heterocycles. The maximum atomic E-state index is 11.7. The van der Waals surface area contributed by atoms with Gasteiger partial charge in [-0.1, -0.05) is 27.7 Å². The summed E-state index contributed by atoms with van der Waals surface area (Å²) in [5.74, 6) is 3.80. The molecule has 5 fully saturated rings. The van der Waals surface area contributed by atoms with Gasteiger partial charge in [-0.2, -0.15) is 0 Å². The van der Waals surface area contributed by atoms with E-state index in [0.29, 0.717) is 35.0 Å². The van der Waals surface area contributed by atoms with Crippen LogP contribution in [0.3, 0.4) is 0 Å². The van der Waals surface area contributed by atoms with Crippen LogP contribution in [0, 0.1) is 57.2 Å². The van der Waals surface area contributed by atoms with Crippen molar-refractivity contribution in [3.63, 3.8) is 0 Å². The van der Waals surface area contributed by atoms with Crippen molar-refractivity contribution in [1.29, 1.82) is 0 Å². The zero-order valence-electron chi connectivity index (χ0n) is 20.7. The number of nitroso groups, excluding NO2 is 1. The molecule has 0 unspecified atom stereocenters. The molecule has 32 heavy (non-hydrogen) atoms. The summed E-state index contributed by atoms with van der Waals surface area (Å²) in [4.78, 5) is 11.7. The quantitative estimate of drug-likeness (QED) is 0.570. The molecule has 5 nitrogen and oxygen atoms in total. The van der Waals surface area contributed by atoms with Gasteiger partial charge in [0.15, 0.2) is 0 Å². The number of aliphatic hydroxyl groups is 2. The molecule has 12 atom stereocenters. The van der Waals surface area contributed by atoms with Gasteiger partial charge in [0.1, 0.15) is 0 Å². The third kappa shape index (κ3) is 3.39. The maximum Gasteiger partial charge on any atom is 0.0580 e. The Morgan fingerprint density at radius 2 is 1.69 bits per heavy atom. The van der Waals surface area contributed by atoms with E-state index in [-0.39, 0.29) is 29.6 Å². The van der Waals surface area contributed by atoms with Crippen molar-refractivity contribution in [2.45, 2.75) is 110 Å². The zero-order chi connectivity index (χ0) is 22.8. The second kappa shape index (κ2) is 8.22. The van der Waals surface area contributed by atoms with Crippen LogP contribution in [0.15, 0.2) is 5.29 Å². The SMILES string of the molecule is C[C@H]1CC[C@@H]([C@@H](C)[C@H]2[C@H](O)C[C@H]3[C@@H]4CC[C@H]5C[C@@H](O)CC[C@]5(C)[C@H]4CC[C@]23C)N(N=O)C1. The molecule has 4 saturated carbocycles. The Kier molecular flexibility index (Phi) is 5.93. The lowest BCUT2D eigenvalue weighted by Crippen LogP contribution is -2.55. The molecule has 1 saturated heterocycles. The fourth-order valence-electron chi connectivity index (χ4n) is 10.3. The van der Waals surface area contributed by atoms with E-state index in [1.807, 2.05) is 5.01 Å². The minimum absolute atomic E-state index is 0.0930. The first-order valence-electron chi connectivity index (χ1n) is 13.6. The minimum atomic E-state index is -0.259. The lowest BCUT2D eigenvalue weighted by molar-refractivity contribution is -0.132. The summed E-state index contributed by atoms with van der Waals surface area (Å²) in [5, 5.41) is 27.0. The van der Waals surface area contributed by atoms with Crippen molar-refractivity contribution in [2.75, 3.05) is 6.54 Å². The molecular weight excluding hydrogens is 400 g/mol. The van der Waals surface area contributed by atoms with Gasteiger partial charge < -0.3 is 10.2 Å². The summed E-state index contributed by atoms with van der Waals surface area (Å²) < 4.78 is 0. The van der Waals surface area contributed by atoms with Gasteiger partial charge in [0.2, 0.25) is 0 Å². The molecule has 0 aromatic rings. The Morgan fingerprint density at radius 3 is 2.44 bits per heavy atom. The Bertz CT molecular complexity index is 717. The number of piperidine rings is 1. The van der Waals surface area contributed by atoms with Crippen LogP contribution in [0.2, 0.25) is 0 Å². The number of hydrogen-bond donors (Lipinski definition) is 2. The second-order valence-electron chi connectivity index (χ2n) is 13.3. The number of fused-ring (bicyclic) bond motifs is 5. The topological polar surface area (TPSA) is 73.1 Å². The Labute approximate surface area is 194 Å². The van der Waals surface area contributed by atoms with Crippen LogP contribution in [-0.2, 0) is 0 Å². The fraction of sp³-hybridized carbons (Fsp3) is 1.00. The zero-order valence-corrected chi connectivity index (χ0v) is 20.7. The average molecular weight is 447 g/mol. The summed E-state index contributed by atoms with van der Waals surface area (Å²) in [7, 11) is 0. The summed E-state index contributed by atoms with van der Waals surface area (Å²) in [6.07, 6.45) is 10.9. The van der Waals surface area contributed by atoms with Crippen LogP contribution in [-0.4, -0.2) is 40.0 Å². The molecule has 2 N–H and O–H groups in total. The Balaban J connectivity index is 1.38. The van der Waals surface area contributed by atoms with Gasteiger partial charge >= 0.3 is 0 Å². The predicted octanol–water partition coefficient (Wildman–Crippen LogP) is 5.40. The van der Waals surface area contributed by atoms with E-state index < -0.39 is 0 Å². The van der Waals surface area contributed by atoms with Crippen LogP contribution < -0.4 is 0 Å². The van der Waals surface area contributed by atoms with Crippen LogP contribution in [0.5, 0.6) is 0 Å². The predicted molar refractivity (Wildman–Crippen MR) is 126 cm³/mol. The van der Waals surface area contributed by atoms with Gasteiger partial charge in [-0.3, -0.25) is 5.01 Å². The van der Waals surface area contributed by atoms with Gasteiger partial charge in [0, 0.05) is 6.54 Å². The number of nitrogens with zero attached hydrogens (tertiary/aromatic N) is 2. The molecule has 0 aromatic carbocycles. The van der Waals surface area contributed by atoms with Gasteiger partial charge in [0.25, 0.3) is 0 Å². The first-order valence-corrected chi connectivity index (χ1v) is 13.6. The van der Waals surface area contributed by atoms with Crippen LogP contribution in [0.4, 0.5) is 0 Å². The van der Waals surface area contributed by atoms with E-state index in [1.54, 1.807) is 0 Å². The summed E-state index contributed by atoms with van der Waals surface area (Å²) >= 11 is 0. The van der Waals surface area contributed by atoms with Crippen molar-refractivity contribution < 1.29 is 10.2 Å². The third-order valence-corrected chi connectivity index (χ3v) is 11.9. The smallest absolute Gasteiger partial charge is 0.0580 e. The summed E-state index contributed by atoms with van der Waals surface area (Å²) in [6, 6.07) is 0.171. The third-order valence-electron chi connectivity index (χ3n) is 11.9. The first-order chi connectivity index (χ1) is 15.2. The largest absolute Gasteiger partial charge is 0.393 e. The first kappa shape index (κ1) is 23.1. The van der Waals surface area contributed by atoms with Crippen LogP contribution in [0.1, 0.15) is 91.9 Å². The highest BCUT2D eigenvalue weighted by Gasteiger charge is 2.63. The van der Waals surface area contributed by atoms with Crippen molar-refractivity contribution in [1.82, 2.24) is 5.01 Å². The molecule has 182 valence electrons. The normalized spacial score (nSPS) is 54.3. The number of aliphatic hydroxyl groups excluding tert-OH is 2. The van der Waals surface area contributed by atoms with Crippen molar-refractivity contribution >= 4 is 0 Å². The highest BCUT2D eigenvalue weighted by Crippen LogP contribution is 2.68. The van der Waals surface area contributed by atoms with E-state index in [9.17, 15) is 15.1 Å². The molecule has 5 heteroatoms. The molecule has 5 aliphatic rings. The summed E-state index contributed by atoms with van der Waals surface area (Å²) in [6.45, 7) is 10.3. The Morgan fingerprint density at radius 1 is 0.938 bits per heavy atom. The lowest BCUT2D eigenvalue weighted by Gasteiger charge is -2.61. The average Bonchev–Trinajstić information content (AvgIpc) is 3.03. The molecule has 1 heterocycles. The standard InChI is InChI=1S/C27H46N2O3/c1-16-5-8-23(29(15-16)28-32)17(2)25-24(31)14-22-20-7-6-18-13-19(30)9-11-26(18,3)21(20)10-12-27(22,25)4/h16-25,30-31H,5-15H2,1-4H3/t16-,17+,18-,19-,20+,21-,22-,23-,24+,25-,26-,27-/m0/s1. The van der Waals surface area contributed by atoms with Crippen molar-refractivity contribution in [3.05, 3.63) is 4.91 Å². The molecule has 0 spiro atoms. The van der Waals surface area contributed by atoms with Gasteiger partial charge in [-0.25, -0.2) is 0 Å². The van der Waals surface area contributed by atoms with E-state index in [1.165, 1.54) is 32.1 Å². The molecule has 0 bridgehead atoms. The van der Waals surface area contributed by atoms with E-state index in [0.717, 1.165) is 44.6 Å². The molecule has 0 radical (unpaired) electrons. The lowest BCUT2D eigenvalue weighted by atomic mass is 9.44. The second-order valence-corrected chi connectivity index (χ2v) is 13.3. The van der Waals surface area contributed by atoms with Gasteiger partial charge in [-0.15, -0.1) is 4.91 Å². The molecular formula is C27H46N2O3. The van der Waals surface area contributed by atoms with E-state index in [4.69, 9.17) is 0 Å². The number of rotatable bonds is 3. The van der Waals surface area contributed by atoms with Crippen molar-refractivity contribution in [3.8, 4) is 0 Å². The molecule has 0 aromatic heterocycles. The van der Waals surface area contributed by atoms with E-state index >= 15 is 0 Å². The van der Waals surface area contributed by atoms with Gasteiger partial charge in [0.05, 0.1) is 23.5 Å². The minimum Gasteiger partial charge on any atom is -0.393 e. The maximum absolute atomic E-state index is 11.7. The van der Waals surface area contributed by atoms with Crippen molar-refractivity contribution in [2.24, 2.45) is 57.5 Å². The number of hydrogen-bond acceptors (Lipinski definition) is 4. The fourth-order valence-corrected chi connectivity index (χ4v) is 10.3.